The van der Waals surface area contributed by atoms with Crippen molar-refractivity contribution in [1.29, 1.82) is 0 Å². The van der Waals surface area contributed by atoms with E-state index in [9.17, 15) is 13.2 Å². The number of halogens is 3. The van der Waals surface area contributed by atoms with Crippen LogP contribution in [-0.2, 0) is 0 Å². The molecule has 0 aromatic rings. The van der Waals surface area contributed by atoms with Crippen molar-refractivity contribution in [2.75, 3.05) is 19.6 Å². The summed E-state index contributed by atoms with van der Waals surface area (Å²) in [6.45, 7) is 1.29. The molecule has 70 valence electrons. The van der Waals surface area contributed by atoms with Crippen molar-refractivity contribution < 1.29 is 13.2 Å². The van der Waals surface area contributed by atoms with E-state index in [0.29, 0.717) is 13.0 Å². The van der Waals surface area contributed by atoms with Crippen LogP contribution >= 0.6 is 0 Å². The van der Waals surface area contributed by atoms with E-state index >= 15 is 0 Å². The molecule has 12 heavy (non-hydrogen) atoms. The lowest BCUT2D eigenvalue weighted by molar-refractivity contribution is -0.195. The molecule has 3 atom stereocenters. The van der Waals surface area contributed by atoms with Crippen molar-refractivity contribution in [2.45, 2.75) is 18.1 Å². The molecule has 0 spiro atoms. The Bertz CT molecular complexity index is 203. The van der Waals surface area contributed by atoms with Crippen LogP contribution in [0.15, 0.2) is 0 Å². The highest BCUT2D eigenvalue weighted by atomic mass is 19.4. The number of rotatable bonds is 0. The standard InChI is InChI=1S/C7H11F3N2/c8-7(9,10)6(11)4-12-2-1-5(6)3-12/h5H,1-4,11H2/t5-,6+/m0/s1. The van der Waals surface area contributed by atoms with Gasteiger partial charge in [0.25, 0.3) is 0 Å². The molecule has 2 rings (SSSR count). The number of nitrogens with zero attached hydrogens (tertiary/aromatic N) is 1. The number of hydrogen-bond donors (Lipinski definition) is 1. The number of piperidine rings is 1. The van der Waals surface area contributed by atoms with E-state index in [1.54, 1.807) is 4.90 Å². The molecule has 2 saturated heterocycles. The molecule has 5 heteroatoms. The first-order chi connectivity index (χ1) is 5.43. The van der Waals surface area contributed by atoms with Crippen molar-refractivity contribution in [3.05, 3.63) is 0 Å². The maximum atomic E-state index is 12.5. The van der Waals surface area contributed by atoms with Gasteiger partial charge in [0.1, 0.15) is 5.54 Å². The second-order valence-electron chi connectivity index (χ2n) is 3.76. The van der Waals surface area contributed by atoms with E-state index in [0.717, 1.165) is 6.54 Å². The molecular formula is C7H11F3N2. The number of alkyl halides is 3. The monoisotopic (exact) mass is 180 g/mol. The van der Waals surface area contributed by atoms with Crippen LogP contribution in [-0.4, -0.2) is 36.2 Å². The SMILES string of the molecule is N[C@]1(C(F)(F)F)CN2CC[C@H]1C2. The minimum Gasteiger partial charge on any atom is -0.316 e. The molecule has 0 saturated carbocycles. The van der Waals surface area contributed by atoms with Crippen molar-refractivity contribution in [3.8, 4) is 0 Å². The molecule has 0 radical (unpaired) electrons. The maximum Gasteiger partial charge on any atom is 0.407 e. The zero-order chi connectivity index (χ0) is 8.98. The zero-order valence-electron chi connectivity index (χ0n) is 6.56. The summed E-state index contributed by atoms with van der Waals surface area (Å²) >= 11 is 0. The van der Waals surface area contributed by atoms with E-state index in [4.69, 9.17) is 5.73 Å². The highest BCUT2D eigenvalue weighted by molar-refractivity contribution is 5.09. The van der Waals surface area contributed by atoms with Crippen LogP contribution in [0.2, 0.25) is 0 Å². The van der Waals surface area contributed by atoms with Crippen LogP contribution in [0.1, 0.15) is 6.42 Å². The second-order valence-corrected chi connectivity index (χ2v) is 3.76. The predicted molar refractivity (Wildman–Crippen MR) is 37.5 cm³/mol. The van der Waals surface area contributed by atoms with Crippen molar-refractivity contribution in [3.63, 3.8) is 0 Å². The predicted octanol–water partition coefficient (Wildman–Crippen LogP) is 0.582. The Hall–Kier alpha value is -0.290. The summed E-state index contributed by atoms with van der Waals surface area (Å²) < 4.78 is 37.4. The van der Waals surface area contributed by atoms with Gasteiger partial charge in [-0.05, 0) is 13.0 Å². The number of hydrogen-bond acceptors (Lipinski definition) is 2. The Kier molecular flexibility index (Phi) is 1.48. The van der Waals surface area contributed by atoms with Gasteiger partial charge in [-0.25, -0.2) is 0 Å². The van der Waals surface area contributed by atoms with Crippen molar-refractivity contribution >= 4 is 0 Å². The Labute approximate surface area is 68.5 Å². The summed E-state index contributed by atoms with van der Waals surface area (Å²) in [6.07, 6.45) is -3.65. The lowest BCUT2D eigenvalue weighted by atomic mass is 9.84. The van der Waals surface area contributed by atoms with Crippen molar-refractivity contribution in [1.82, 2.24) is 4.90 Å². The summed E-state index contributed by atoms with van der Waals surface area (Å²) in [6, 6.07) is 0. The largest absolute Gasteiger partial charge is 0.407 e. The Morgan fingerprint density at radius 3 is 2.33 bits per heavy atom. The van der Waals surface area contributed by atoms with Gasteiger partial charge in [0.15, 0.2) is 0 Å². The average Bonchev–Trinajstić information content (AvgIpc) is 2.43. The van der Waals surface area contributed by atoms with Gasteiger partial charge in [0, 0.05) is 19.0 Å². The highest BCUT2D eigenvalue weighted by Crippen LogP contribution is 2.44. The fourth-order valence-electron chi connectivity index (χ4n) is 2.22. The molecule has 2 bridgehead atoms. The molecule has 2 N–H and O–H groups in total. The van der Waals surface area contributed by atoms with E-state index in [-0.39, 0.29) is 12.5 Å². The minimum absolute atomic E-state index is 0.0127. The molecule has 0 aliphatic carbocycles. The molecule has 0 aromatic carbocycles. The normalized spacial score (nSPS) is 47.0. The van der Waals surface area contributed by atoms with Gasteiger partial charge < -0.3 is 10.6 Å². The first kappa shape index (κ1) is 8.31. The molecule has 2 fully saturated rings. The minimum atomic E-state index is -4.24. The lowest BCUT2D eigenvalue weighted by Gasteiger charge is -2.35. The first-order valence-corrected chi connectivity index (χ1v) is 4.01. The molecule has 1 unspecified atom stereocenters. The smallest absolute Gasteiger partial charge is 0.316 e. The van der Waals surface area contributed by atoms with E-state index in [2.05, 4.69) is 0 Å². The Morgan fingerprint density at radius 1 is 1.42 bits per heavy atom. The van der Waals surface area contributed by atoms with Gasteiger partial charge in [-0.15, -0.1) is 0 Å². The summed E-state index contributed by atoms with van der Waals surface area (Å²) in [7, 11) is 0. The van der Waals surface area contributed by atoms with Crippen molar-refractivity contribution in [2.24, 2.45) is 11.7 Å². The van der Waals surface area contributed by atoms with E-state index in [1.807, 2.05) is 0 Å². The molecule has 2 heterocycles. The average molecular weight is 180 g/mol. The van der Waals surface area contributed by atoms with Crippen LogP contribution in [0, 0.1) is 5.92 Å². The molecular weight excluding hydrogens is 169 g/mol. The van der Waals surface area contributed by atoms with Gasteiger partial charge in [0.05, 0.1) is 0 Å². The van der Waals surface area contributed by atoms with Gasteiger partial charge in [-0.3, -0.25) is 0 Å². The van der Waals surface area contributed by atoms with Crippen LogP contribution in [0.25, 0.3) is 0 Å². The van der Waals surface area contributed by atoms with Crippen LogP contribution in [0.3, 0.4) is 0 Å². The molecule has 2 nitrogen and oxygen atoms in total. The third kappa shape index (κ3) is 0.894. The molecule has 2 aliphatic rings. The summed E-state index contributed by atoms with van der Waals surface area (Å²) in [5.41, 5.74) is 3.43. The molecule has 0 amide bonds. The topological polar surface area (TPSA) is 29.3 Å². The molecule has 2 aliphatic heterocycles. The first-order valence-electron chi connectivity index (χ1n) is 4.01. The summed E-state index contributed by atoms with van der Waals surface area (Å²) in [4.78, 5) is 1.79. The quantitative estimate of drug-likeness (QED) is 0.591. The van der Waals surface area contributed by atoms with Gasteiger partial charge in [-0.1, -0.05) is 0 Å². The van der Waals surface area contributed by atoms with Gasteiger partial charge in [-0.2, -0.15) is 13.2 Å². The highest BCUT2D eigenvalue weighted by Gasteiger charge is 2.62. The van der Waals surface area contributed by atoms with Crippen LogP contribution in [0.4, 0.5) is 13.2 Å². The Balaban J connectivity index is 2.23. The third-order valence-corrected chi connectivity index (χ3v) is 3.01. The Morgan fingerprint density at radius 2 is 2.08 bits per heavy atom. The number of nitrogens with two attached hydrogens (primary N) is 1. The molecule has 0 aromatic heterocycles. The lowest BCUT2D eigenvalue weighted by Crippen LogP contribution is -2.61. The summed E-state index contributed by atoms with van der Waals surface area (Å²) in [5.74, 6) is -0.377. The number of fused-ring (bicyclic) bond motifs is 2. The maximum absolute atomic E-state index is 12.5. The third-order valence-electron chi connectivity index (χ3n) is 3.01. The van der Waals surface area contributed by atoms with Gasteiger partial charge >= 0.3 is 6.18 Å². The van der Waals surface area contributed by atoms with Crippen LogP contribution < -0.4 is 5.73 Å². The van der Waals surface area contributed by atoms with E-state index < -0.39 is 11.7 Å². The summed E-state index contributed by atoms with van der Waals surface area (Å²) in [5, 5.41) is 0. The van der Waals surface area contributed by atoms with Crippen LogP contribution in [0.5, 0.6) is 0 Å². The second kappa shape index (κ2) is 2.14. The van der Waals surface area contributed by atoms with E-state index in [1.165, 1.54) is 0 Å². The zero-order valence-corrected chi connectivity index (χ0v) is 6.56. The van der Waals surface area contributed by atoms with Gasteiger partial charge in [0.2, 0.25) is 0 Å². The fourth-order valence-corrected chi connectivity index (χ4v) is 2.22. The fraction of sp³-hybridized carbons (Fsp3) is 1.00.